The zero-order valence-electron chi connectivity index (χ0n) is 14.0. The minimum absolute atomic E-state index is 0.0236. The Morgan fingerprint density at radius 1 is 1.44 bits per heavy atom. The van der Waals surface area contributed by atoms with Crippen LogP contribution in [0, 0.1) is 23.0 Å². The quantitative estimate of drug-likeness (QED) is 0.607. The SMILES string of the molecule is Cc1ccccc1OC(=O)N1CCN(CC2CCOC2)C1=N[N+](=O)[O-]. The van der Waals surface area contributed by atoms with Crippen molar-refractivity contribution in [2.24, 2.45) is 11.0 Å². The van der Waals surface area contributed by atoms with Gasteiger partial charge >= 0.3 is 6.09 Å². The number of aryl methyl sites for hydroxylation is 1. The van der Waals surface area contributed by atoms with Crippen molar-refractivity contribution >= 4 is 12.1 Å². The second-order valence-electron chi connectivity index (χ2n) is 6.10. The summed E-state index contributed by atoms with van der Waals surface area (Å²) >= 11 is 0. The third-order valence-electron chi connectivity index (χ3n) is 4.30. The van der Waals surface area contributed by atoms with Crippen LogP contribution in [0.2, 0.25) is 0 Å². The highest BCUT2D eigenvalue weighted by Gasteiger charge is 2.37. The number of carbonyl (C=O) groups excluding carboxylic acids is 1. The Kier molecular flexibility index (Phi) is 5.13. The van der Waals surface area contributed by atoms with Gasteiger partial charge in [-0.3, -0.25) is 0 Å². The summed E-state index contributed by atoms with van der Waals surface area (Å²) in [5.41, 5.74) is 0.808. The van der Waals surface area contributed by atoms with Gasteiger partial charge in [-0.15, -0.1) is 0 Å². The maximum atomic E-state index is 12.5. The summed E-state index contributed by atoms with van der Waals surface area (Å²) in [6.45, 7) is 4.48. The minimum Gasteiger partial charge on any atom is -0.410 e. The van der Waals surface area contributed by atoms with Crippen LogP contribution in [0.3, 0.4) is 0 Å². The van der Waals surface area contributed by atoms with Crippen molar-refractivity contribution in [3.8, 4) is 5.75 Å². The van der Waals surface area contributed by atoms with Gasteiger partial charge in [0.15, 0.2) is 5.03 Å². The molecule has 2 fully saturated rings. The summed E-state index contributed by atoms with van der Waals surface area (Å²) in [6.07, 6.45) is 0.232. The number of amides is 1. The Balaban J connectivity index is 1.74. The van der Waals surface area contributed by atoms with E-state index in [1.165, 1.54) is 4.90 Å². The molecule has 134 valence electrons. The highest BCUT2D eigenvalue weighted by molar-refractivity contribution is 5.96. The van der Waals surface area contributed by atoms with Gasteiger partial charge in [0.1, 0.15) is 10.9 Å². The number of nitrogens with zero attached hydrogens (tertiary/aromatic N) is 4. The van der Waals surface area contributed by atoms with E-state index in [4.69, 9.17) is 9.47 Å². The van der Waals surface area contributed by atoms with E-state index in [1.807, 2.05) is 19.1 Å². The van der Waals surface area contributed by atoms with E-state index in [1.54, 1.807) is 17.0 Å². The molecule has 9 nitrogen and oxygen atoms in total. The van der Waals surface area contributed by atoms with Crippen LogP contribution in [0.1, 0.15) is 12.0 Å². The van der Waals surface area contributed by atoms with Crippen LogP contribution in [0.15, 0.2) is 29.4 Å². The van der Waals surface area contributed by atoms with Crippen LogP contribution in [0.25, 0.3) is 0 Å². The summed E-state index contributed by atoms with van der Waals surface area (Å²) < 4.78 is 10.7. The van der Waals surface area contributed by atoms with Crippen molar-refractivity contribution in [1.82, 2.24) is 9.80 Å². The lowest BCUT2D eigenvalue weighted by atomic mass is 10.1. The number of ether oxygens (including phenoxy) is 2. The molecule has 0 aliphatic carbocycles. The highest BCUT2D eigenvalue weighted by atomic mass is 16.7. The maximum absolute atomic E-state index is 12.5. The van der Waals surface area contributed by atoms with Gasteiger partial charge in [-0.1, -0.05) is 18.2 Å². The van der Waals surface area contributed by atoms with Crippen LogP contribution >= 0.6 is 0 Å². The molecule has 1 aromatic rings. The Bertz CT molecular complexity index is 687. The van der Waals surface area contributed by atoms with Crippen molar-refractivity contribution in [1.29, 1.82) is 0 Å². The Morgan fingerprint density at radius 3 is 2.92 bits per heavy atom. The van der Waals surface area contributed by atoms with Gasteiger partial charge in [-0.05, 0) is 25.0 Å². The van der Waals surface area contributed by atoms with E-state index in [-0.39, 0.29) is 11.9 Å². The molecule has 2 aliphatic rings. The predicted molar refractivity (Wildman–Crippen MR) is 88.8 cm³/mol. The fourth-order valence-corrected chi connectivity index (χ4v) is 2.99. The predicted octanol–water partition coefficient (Wildman–Crippen LogP) is 1.70. The second-order valence-corrected chi connectivity index (χ2v) is 6.10. The molecule has 2 heterocycles. The van der Waals surface area contributed by atoms with Crippen molar-refractivity contribution in [3.63, 3.8) is 0 Å². The molecule has 1 unspecified atom stereocenters. The number of nitro groups is 1. The molecule has 25 heavy (non-hydrogen) atoms. The number of para-hydroxylation sites is 1. The third kappa shape index (κ3) is 4.05. The van der Waals surface area contributed by atoms with Crippen LogP contribution in [-0.4, -0.2) is 59.7 Å². The van der Waals surface area contributed by atoms with Crippen molar-refractivity contribution in [3.05, 3.63) is 39.9 Å². The van der Waals surface area contributed by atoms with Crippen LogP contribution in [0.5, 0.6) is 5.75 Å². The van der Waals surface area contributed by atoms with E-state index >= 15 is 0 Å². The zero-order valence-corrected chi connectivity index (χ0v) is 14.0. The molecule has 2 saturated heterocycles. The standard InChI is InChI=1S/C16H20N4O5/c1-12-4-2-3-5-14(12)25-16(21)19-8-7-18(15(19)17-20(22)23)10-13-6-9-24-11-13/h2-5,13H,6-11H2,1H3. The topological polar surface area (TPSA) is 97.5 Å². The fourth-order valence-electron chi connectivity index (χ4n) is 2.99. The largest absolute Gasteiger partial charge is 0.422 e. The van der Waals surface area contributed by atoms with Gasteiger partial charge in [-0.25, -0.2) is 19.8 Å². The average molecular weight is 348 g/mol. The van der Waals surface area contributed by atoms with E-state index < -0.39 is 11.1 Å². The zero-order chi connectivity index (χ0) is 17.8. The number of hydrazone groups is 1. The summed E-state index contributed by atoms with van der Waals surface area (Å²) in [4.78, 5) is 26.4. The van der Waals surface area contributed by atoms with Crippen molar-refractivity contribution in [2.45, 2.75) is 13.3 Å². The average Bonchev–Trinajstić information content (AvgIpc) is 3.20. The molecule has 1 atom stereocenters. The van der Waals surface area contributed by atoms with Crippen LogP contribution < -0.4 is 4.74 Å². The van der Waals surface area contributed by atoms with Crippen molar-refractivity contribution < 1.29 is 19.3 Å². The number of benzene rings is 1. The van der Waals surface area contributed by atoms with Crippen LogP contribution in [-0.2, 0) is 4.74 Å². The van der Waals surface area contributed by atoms with Crippen LogP contribution in [0.4, 0.5) is 4.79 Å². The van der Waals surface area contributed by atoms with Gasteiger partial charge < -0.3 is 14.4 Å². The molecule has 0 bridgehead atoms. The molecule has 2 aliphatic heterocycles. The lowest BCUT2D eigenvalue weighted by Gasteiger charge is -2.21. The highest BCUT2D eigenvalue weighted by Crippen LogP contribution is 2.21. The molecule has 3 rings (SSSR count). The third-order valence-corrected chi connectivity index (χ3v) is 4.30. The molecule has 0 N–H and O–H groups in total. The molecule has 0 saturated carbocycles. The lowest BCUT2D eigenvalue weighted by molar-refractivity contribution is -0.486. The molecular formula is C16H20N4O5. The first-order valence-electron chi connectivity index (χ1n) is 8.15. The van der Waals surface area contributed by atoms with Gasteiger partial charge in [0.2, 0.25) is 0 Å². The first-order chi connectivity index (χ1) is 12.0. The Hall–Kier alpha value is -2.68. The smallest absolute Gasteiger partial charge is 0.410 e. The van der Waals surface area contributed by atoms with Gasteiger partial charge in [0.05, 0.1) is 13.2 Å². The van der Waals surface area contributed by atoms with Gasteiger partial charge in [0, 0.05) is 25.6 Å². The Morgan fingerprint density at radius 2 is 2.24 bits per heavy atom. The molecule has 9 heteroatoms. The first-order valence-corrected chi connectivity index (χ1v) is 8.15. The lowest BCUT2D eigenvalue weighted by Crippen LogP contribution is -2.41. The second kappa shape index (κ2) is 7.47. The number of carbonyl (C=O) groups is 1. The minimum atomic E-state index is -0.785. The summed E-state index contributed by atoms with van der Waals surface area (Å²) in [7, 11) is 0. The Labute approximate surface area is 144 Å². The van der Waals surface area contributed by atoms with Gasteiger partial charge in [-0.2, -0.15) is 0 Å². The van der Waals surface area contributed by atoms with E-state index in [2.05, 4.69) is 5.10 Å². The number of rotatable bonds is 4. The number of guanidine groups is 1. The molecule has 0 radical (unpaired) electrons. The van der Waals surface area contributed by atoms with E-state index in [0.29, 0.717) is 38.6 Å². The summed E-state index contributed by atoms with van der Waals surface area (Å²) in [5.74, 6) is 0.732. The van der Waals surface area contributed by atoms with Gasteiger partial charge in [0.25, 0.3) is 5.96 Å². The number of hydrogen-bond acceptors (Lipinski definition) is 5. The maximum Gasteiger partial charge on any atom is 0.422 e. The van der Waals surface area contributed by atoms with E-state index in [9.17, 15) is 14.9 Å². The molecular weight excluding hydrogens is 328 g/mol. The monoisotopic (exact) mass is 348 g/mol. The molecule has 1 aromatic carbocycles. The fraction of sp³-hybridized carbons (Fsp3) is 0.500. The summed E-state index contributed by atoms with van der Waals surface area (Å²) in [6, 6.07) is 7.11. The van der Waals surface area contributed by atoms with E-state index in [0.717, 1.165) is 12.0 Å². The molecule has 1 amide bonds. The number of hydrogen-bond donors (Lipinski definition) is 0. The molecule has 0 spiro atoms. The van der Waals surface area contributed by atoms with Crippen molar-refractivity contribution in [2.75, 3.05) is 32.8 Å². The first kappa shape index (κ1) is 17.2. The normalized spacial score (nSPS) is 21.8. The molecule has 0 aromatic heterocycles. The summed E-state index contributed by atoms with van der Waals surface area (Å²) in [5, 5.41) is 13.5.